The number of rotatable bonds is 6. The van der Waals surface area contributed by atoms with E-state index >= 15 is 0 Å². The second kappa shape index (κ2) is 6.32. The number of benzene rings is 1. The smallest absolute Gasteiger partial charge is 0.225 e. The molecule has 0 aromatic heterocycles. The van der Waals surface area contributed by atoms with E-state index in [9.17, 15) is 16.8 Å². The largest absolute Gasteiger partial charge is 0.238 e. The van der Waals surface area contributed by atoms with Crippen LogP contribution in [0.5, 0.6) is 0 Å². The zero-order chi connectivity index (χ0) is 15.4. The Kier molecular flexibility index (Phi) is 5.24. The van der Waals surface area contributed by atoms with Gasteiger partial charge in [-0.25, -0.2) is 26.7 Å². The first-order valence-corrected chi connectivity index (χ1v) is 8.80. The van der Waals surface area contributed by atoms with Gasteiger partial charge in [0.05, 0.1) is 11.0 Å². The molecule has 0 bridgehead atoms. The molecule has 3 N–H and O–H groups in total. The van der Waals surface area contributed by atoms with Gasteiger partial charge in [0.2, 0.25) is 20.0 Å². The molecular formula is C11H15N3O4S2. The second-order valence-corrected chi connectivity index (χ2v) is 7.59. The second-order valence-electron chi connectivity index (χ2n) is 4.08. The minimum atomic E-state index is -3.83. The van der Waals surface area contributed by atoms with Crippen LogP contribution in [0, 0.1) is 11.3 Å². The predicted molar refractivity (Wildman–Crippen MR) is 73.3 cm³/mol. The van der Waals surface area contributed by atoms with Crippen molar-refractivity contribution < 1.29 is 16.8 Å². The number of nitrogens with zero attached hydrogens (tertiary/aromatic N) is 1. The molecule has 1 rings (SSSR count). The Morgan fingerprint density at radius 1 is 1.35 bits per heavy atom. The Balaban J connectivity index is 2.90. The summed E-state index contributed by atoms with van der Waals surface area (Å²) in [6.45, 7) is 1.48. The van der Waals surface area contributed by atoms with Gasteiger partial charge in [0, 0.05) is 6.54 Å². The first-order chi connectivity index (χ1) is 9.20. The highest BCUT2D eigenvalue weighted by atomic mass is 32.2. The predicted octanol–water partition coefficient (Wildman–Crippen LogP) is 0.0556. The van der Waals surface area contributed by atoms with Crippen LogP contribution < -0.4 is 9.86 Å². The zero-order valence-corrected chi connectivity index (χ0v) is 12.4. The first kappa shape index (κ1) is 16.6. The van der Waals surface area contributed by atoms with Gasteiger partial charge in [0.25, 0.3) is 0 Å². The summed E-state index contributed by atoms with van der Waals surface area (Å²) in [5.74, 6) is 0. The van der Waals surface area contributed by atoms with Crippen LogP contribution in [-0.4, -0.2) is 22.1 Å². The fourth-order valence-corrected chi connectivity index (χ4v) is 3.23. The molecule has 0 spiro atoms. The average Bonchev–Trinajstić information content (AvgIpc) is 2.37. The van der Waals surface area contributed by atoms with E-state index in [1.165, 1.54) is 18.2 Å². The zero-order valence-electron chi connectivity index (χ0n) is 10.8. The fraction of sp³-hybridized carbons (Fsp3) is 0.364. The van der Waals surface area contributed by atoms with E-state index in [4.69, 9.17) is 10.4 Å². The van der Waals surface area contributed by atoms with Crippen LogP contribution in [0.2, 0.25) is 0 Å². The minimum absolute atomic E-state index is 0.0958. The topological polar surface area (TPSA) is 130 Å². The molecule has 1 aromatic rings. The van der Waals surface area contributed by atoms with Crippen LogP contribution in [0.25, 0.3) is 0 Å². The van der Waals surface area contributed by atoms with Gasteiger partial charge in [-0.3, -0.25) is 0 Å². The van der Waals surface area contributed by atoms with Crippen molar-refractivity contribution in [3.05, 3.63) is 29.8 Å². The highest BCUT2D eigenvalue weighted by Gasteiger charge is 2.22. The normalized spacial score (nSPS) is 13.7. The molecule has 20 heavy (non-hydrogen) atoms. The van der Waals surface area contributed by atoms with E-state index in [0.717, 1.165) is 0 Å². The number of nitrogens with two attached hydrogens (primary N) is 1. The van der Waals surface area contributed by atoms with Gasteiger partial charge in [0.1, 0.15) is 0 Å². The molecule has 9 heteroatoms. The number of hydrogen-bond acceptors (Lipinski definition) is 5. The van der Waals surface area contributed by atoms with Crippen LogP contribution in [0.1, 0.15) is 18.9 Å². The van der Waals surface area contributed by atoms with Crippen molar-refractivity contribution in [2.75, 3.05) is 0 Å². The Morgan fingerprint density at radius 2 is 2.00 bits per heavy atom. The summed E-state index contributed by atoms with van der Waals surface area (Å²) < 4.78 is 48.2. The van der Waals surface area contributed by atoms with Crippen molar-refractivity contribution in [1.82, 2.24) is 4.72 Å². The van der Waals surface area contributed by atoms with E-state index in [-0.39, 0.29) is 17.9 Å². The Morgan fingerprint density at radius 3 is 2.50 bits per heavy atom. The lowest BCUT2D eigenvalue weighted by Crippen LogP contribution is -2.32. The first-order valence-electron chi connectivity index (χ1n) is 5.70. The molecule has 0 aliphatic rings. The molecule has 0 radical (unpaired) electrons. The van der Waals surface area contributed by atoms with Crippen LogP contribution in [0.3, 0.4) is 0 Å². The van der Waals surface area contributed by atoms with Crippen LogP contribution in [0.15, 0.2) is 29.2 Å². The minimum Gasteiger partial charge on any atom is -0.225 e. The van der Waals surface area contributed by atoms with Crippen molar-refractivity contribution in [3.63, 3.8) is 0 Å². The number of nitrogens with one attached hydrogen (secondary N) is 1. The molecule has 1 unspecified atom stereocenters. The van der Waals surface area contributed by atoms with Gasteiger partial charge in [-0.2, -0.15) is 5.26 Å². The van der Waals surface area contributed by atoms with Crippen LogP contribution in [-0.2, 0) is 26.6 Å². The summed E-state index contributed by atoms with van der Waals surface area (Å²) >= 11 is 0. The van der Waals surface area contributed by atoms with Crippen LogP contribution >= 0.6 is 0 Å². The summed E-state index contributed by atoms with van der Waals surface area (Å²) in [7, 11) is -7.60. The summed E-state index contributed by atoms with van der Waals surface area (Å²) in [6.07, 6.45) is 0.170. The molecule has 7 nitrogen and oxygen atoms in total. The summed E-state index contributed by atoms with van der Waals surface area (Å²) in [5, 5.41) is 12.6. The Bertz CT molecular complexity index is 720. The third-order valence-corrected chi connectivity index (χ3v) is 5.24. The van der Waals surface area contributed by atoms with Crippen LogP contribution in [0.4, 0.5) is 0 Å². The lowest BCUT2D eigenvalue weighted by atomic mass is 10.2. The Hall–Kier alpha value is -1.47. The highest BCUT2D eigenvalue weighted by Crippen LogP contribution is 2.11. The van der Waals surface area contributed by atoms with Crippen molar-refractivity contribution >= 4 is 20.0 Å². The number of nitriles is 1. The lowest BCUT2D eigenvalue weighted by molar-refractivity contribution is 0.572. The average molecular weight is 317 g/mol. The van der Waals surface area contributed by atoms with Crippen molar-refractivity contribution in [3.8, 4) is 6.07 Å². The maximum atomic E-state index is 11.8. The van der Waals surface area contributed by atoms with Gasteiger partial charge in [-0.15, -0.1) is 0 Å². The standard InChI is InChI=1S/C11H15N3O4S2/c1-2-10(7-12)20(17,18)14-8-9-4-3-5-11(6-9)19(13,15)16/h3-6,10,14H,2,8H2,1H3,(H2,13,15,16). The molecule has 110 valence electrons. The van der Waals surface area contributed by atoms with E-state index in [0.29, 0.717) is 5.56 Å². The lowest BCUT2D eigenvalue weighted by Gasteiger charge is -2.10. The van der Waals surface area contributed by atoms with Crippen molar-refractivity contribution in [2.24, 2.45) is 5.14 Å². The molecule has 0 heterocycles. The quantitative estimate of drug-likeness (QED) is 0.766. The number of hydrogen-bond donors (Lipinski definition) is 2. The molecule has 0 saturated heterocycles. The SMILES string of the molecule is CCC(C#N)S(=O)(=O)NCc1cccc(S(N)(=O)=O)c1. The Labute approximate surface area is 118 Å². The third-order valence-electron chi connectivity index (χ3n) is 2.59. The molecule has 0 amide bonds. The maximum Gasteiger partial charge on any atom is 0.238 e. The summed E-state index contributed by atoms with van der Waals surface area (Å²) in [4.78, 5) is -0.0958. The molecule has 0 fully saturated rings. The summed E-state index contributed by atoms with van der Waals surface area (Å²) in [5.41, 5.74) is 0.438. The van der Waals surface area contributed by atoms with Gasteiger partial charge in [-0.05, 0) is 24.1 Å². The summed E-state index contributed by atoms with van der Waals surface area (Å²) in [6, 6.07) is 7.32. The fourth-order valence-electron chi connectivity index (χ4n) is 1.50. The molecule has 1 aromatic carbocycles. The maximum absolute atomic E-state index is 11.8. The van der Waals surface area contributed by atoms with Crippen molar-refractivity contribution in [2.45, 2.75) is 30.0 Å². The van der Waals surface area contributed by atoms with Gasteiger partial charge in [0.15, 0.2) is 5.25 Å². The van der Waals surface area contributed by atoms with Gasteiger partial charge >= 0.3 is 0 Å². The third kappa shape index (κ3) is 4.28. The molecule has 0 saturated carbocycles. The van der Waals surface area contributed by atoms with E-state index in [1.54, 1.807) is 19.1 Å². The van der Waals surface area contributed by atoms with E-state index < -0.39 is 25.3 Å². The van der Waals surface area contributed by atoms with E-state index in [1.807, 2.05) is 0 Å². The number of sulfonamides is 2. The van der Waals surface area contributed by atoms with Crippen molar-refractivity contribution in [1.29, 1.82) is 5.26 Å². The monoisotopic (exact) mass is 317 g/mol. The van der Waals surface area contributed by atoms with E-state index in [2.05, 4.69) is 4.72 Å². The molecular weight excluding hydrogens is 302 g/mol. The molecule has 0 aliphatic heterocycles. The van der Waals surface area contributed by atoms with Gasteiger partial charge in [-0.1, -0.05) is 19.1 Å². The molecule has 1 atom stereocenters. The molecule has 0 aliphatic carbocycles. The number of primary sulfonamides is 1. The van der Waals surface area contributed by atoms with Gasteiger partial charge < -0.3 is 0 Å². The highest BCUT2D eigenvalue weighted by molar-refractivity contribution is 7.90.